The van der Waals surface area contributed by atoms with E-state index in [0.717, 1.165) is 28.1 Å². The molecular weight excluding hydrogens is 460 g/mol. The second kappa shape index (κ2) is 8.76. The summed E-state index contributed by atoms with van der Waals surface area (Å²) >= 11 is 7.77. The minimum absolute atomic E-state index is 0.0794. The fourth-order valence-electron chi connectivity index (χ4n) is 4.51. The van der Waals surface area contributed by atoms with Gasteiger partial charge in [0, 0.05) is 30.6 Å². The van der Waals surface area contributed by atoms with Gasteiger partial charge >= 0.3 is 5.69 Å². The third kappa shape index (κ3) is 3.98. The molecule has 0 N–H and O–H groups in total. The molecule has 0 spiro atoms. The molecule has 1 fully saturated rings. The number of carbonyl (C=O) groups is 1. The standard InChI is InChI=1S/C24H23ClN4O3S/c1-2-28-23(31)17-5-3-4-6-19(17)29(24(28)32)14-21(30)27-11-9-15(10-12-27)22-26-18-13-16(25)7-8-20(18)33-22/h3-8,13,15H,2,9-12,14H2,1H3. The highest BCUT2D eigenvalue weighted by Gasteiger charge is 2.27. The third-order valence-corrected chi connectivity index (χ3v) is 7.74. The summed E-state index contributed by atoms with van der Waals surface area (Å²) in [6.07, 6.45) is 1.65. The van der Waals surface area contributed by atoms with Crippen molar-refractivity contribution in [2.75, 3.05) is 13.1 Å². The molecule has 5 rings (SSSR count). The minimum atomic E-state index is -0.447. The fourth-order valence-corrected chi connectivity index (χ4v) is 5.79. The molecule has 33 heavy (non-hydrogen) atoms. The number of likely N-dealkylation sites (tertiary alicyclic amines) is 1. The van der Waals surface area contributed by atoms with Crippen LogP contribution in [-0.4, -0.2) is 38.0 Å². The number of fused-ring (bicyclic) bond motifs is 2. The van der Waals surface area contributed by atoms with Crippen molar-refractivity contribution in [2.24, 2.45) is 0 Å². The van der Waals surface area contributed by atoms with Gasteiger partial charge in [0.1, 0.15) is 6.54 Å². The Hall–Kier alpha value is -2.97. The average molecular weight is 483 g/mol. The first-order chi connectivity index (χ1) is 16.0. The molecular formula is C24H23ClN4O3S. The van der Waals surface area contributed by atoms with Gasteiger partial charge in [-0.3, -0.25) is 18.7 Å². The number of amides is 1. The fraction of sp³-hybridized carbons (Fsp3) is 0.333. The number of nitrogens with zero attached hydrogens (tertiary/aromatic N) is 4. The number of aromatic nitrogens is 3. The van der Waals surface area contributed by atoms with E-state index >= 15 is 0 Å². The van der Waals surface area contributed by atoms with Crippen LogP contribution in [0, 0.1) is 0 Å². The third-order valence-electron chi connectivity index (χ3n) is 6.30. The normalized spacial score (nSPS) is 14.9. The first-order valence-corrected chi connectivity index (χ1v) is 12.2. The van der Waals surface area contributed by atoms with Gasteiger partial charge in [0.15, 0.2) is 0 Å². The Morgan fingerprint density at radius 2 is 1.88 bits per heavy atom. The zero-order valence-electron chi connectivity index (χ0n) is 18.2. The van der Waals surface area contributed by atoms with Crippen LogP contribution in [0.3, 0.4) is 0 Å². The summed E-state index contributed by atoms with van der Waals surface area (Å²) in [5, 5.41) is 2.20. The molecule has 0 saturated carbocycles. The predicted molar refractivity (Wildman–Crippen MR) is 131 cm³/mol. The van der Waals surface area contributed by atoms with E-state index in [1.54, 1.807) is 42.5 Å². The summed E-state index contributed by atoms with van der Waals surface area (Å²) in [4.78, 5) is 45.2. The molecule has 1 aliphatic heterocycles. The van der Waals surface area contributed by atoms with Crippen molar-refractivity contribution in [2.45, 2.75) is 38.8 Å². The van der Waals surface area contributed by atoms with Crippen LogP contribution in [0.15, 0.2) is 52.1 Å². The molecule has 0 atom stereocenters. The first kappa shape index (κ1) is 21.9. The maximum atomic E-state index is 13.1. The lowest BCUT2D eigenvalue weighted by Crippen LogP contribution is -2.44. The summed E-state index contributed by atoms with van der Waals surface area (Å²) in [5.74, 6) is 0.189. The van der Waals surface area contributed by atoms with Crippen molar-refractivity contribution < 1.29 is 4.79 Å². The smallest absolute Gasteiger partial charge is 0.331 e. The highest BCUT2D eigenvalue weighted by atomic mass is 35.5. The minimum Gasteiger partial charge on any atom is -0.341 e. The molecule has 0 aliphatic carbocycles. The number of halogens is 1. The first-order valence-electron chi connectivity index (χ1n) is 11.0. The van der Waals surface area contributed by atoms with Crippen molar-refractivity contribution in [3.8, 4) is 0 Å². The summed E-state index contributed by atoms with van der Waals surface area (Å²) in [6, 6.07) is 12.7. The summed E-state index contributed by atoms with van der Waals surface area (Å²) in [7, 11) is 0. The molecule has 7 nitrogen and oxygen atoms in total. The summed E-state index contributed by atoms with van der Waals surface area (Å²) in [6.45, 7) is 3.16. The second-order valence-corrected chi connectivity index (χ2v) is 9.75. The molecule has 2 aromatic heterocycles. The molecule has 170 valence electrons. The van der Waals surface area contributed by atoms with E-state index in [9.17, 15) is 14.4 Å². The lowest BCUT2D eigenvalue weighted by Gasteiger charge is -2.31. The predicted octanol–water partition coefficient (Wildman–Crippen LogP) is 3.85. The highest BCUT2D eigenvalue weighted by molar-refractivity contribution is 7.18. The molecule has 1 amide bonds. The molecule has 0 bridgehead atoms. The number of thiazole rings is 1. The lowest BCUT2D eigenvalue weighted by molar-refractivity contribution is -0.132. The van der Waals surface area contributed by atoms with Crippen molar-refractivity contribution in [3.63, 3.8) is 0 Å². The Balaban J connectivity index is 1.34. The van der Waals surface area contributed by atoms with Crippen LogP contribution in [0.5, 0.6) is 0 Å². The topological polar surface area (TPSA) is 77.2 Å². The zero-order valence-corrected chi connectivity index (χ0v) is 19.7. The summed E-state index contributed by atoms with van der Waals surface area (Å²) < 4.78 is 3.72. The largest absolute Gasteiger partial charge is 0.341 e. The SMILES string of the molecule is CCn1c(=O)c2ccccc2n(CC(=O)N2CCC(c3nc4cc(Cl)ccc4s3)CC2)c1=O. The zero-order chi connectivity index (χ0) is 23.1. The van der Waals surface area contributed by atoms with Crippen LogP contribution in [0.4, 0.5) is 0 Å². The van der Waals surface area contributed by atoms with Crippen LogP contribution < -0.4 is 11.2 Å². The van der Waals surface area contributed by atoms with E-state index in [0.29, 0.717) is 34.9 Å². The quantitative estimate of drug-likeness (QED) is 0.442. The Bertz CT molecular complexity index is 1480. The van der Waals surface area contributed by atoms with E-state index in [4.69, 9.17) is 16.6 Å². The number of para-hydroxylation sites is 1. The van der Waals surface area contributed by atoms with Gasteiger partial charge in [-0.1, -0.05) is 23.7 Å². The van der Waals surface area contributed by atoms with Gasteiger partial charge < -0.3 is 4.90 Å². The average Bonchev–Trinajstić information content (AvgIpc) is 3.25. The Kier molecular flexibility index (Phi) is 5.80. The lowest BCUT2D eigenvalue weighted by atomic mass is 9.97. The van der Waals surface area contributed by atoms with Crippen LogP contribution >= 0.6 is 22.9 Å². The Labute approximate surface area is 198 Å². The summed E-state index contributed by atoms with van der Waals surface area (Å²) in [5.41, 5.74) is 0.643. The van der Waals surface area contributed by atoms with Crippen LogP contribution in [0.25, 0.3) is 21.1 Å². The van der Waals surface area contributed by atoms with E-state index < -0.39 is 5.69 Å². The molecule has 0 unspecified atom stereocenters. The van der Waals surface area contributed by atoms with E-state index in [2.05, 4.69) is 0 Å². The number of carbonyl (C=O) groups excluding carboxylic acids is 1. The number of piperidine rings is 1. The number of hydrogen-bond donors (Lipinski definition) is 0. The van der Waals surface area contributed by atoms with Crippen molar-refractivity contribution in [1.82, 2.24) is 19.0 Å². The van der Waals surface area contributed by atoms with E-state index in [1.165, 1.54) is 9.13 Å². The van der Waals surface area contributed by atoms with Crippen LogP contribution in [0.2, 0.25) is 5.02 Å². The monoisotopic (exact) mass is 482 g/mol. The highest BCUT2D eigenvalue weighted by Crippen LogP contribution is 2.34. The molecule has 3 heterocycles. The van der Waals surface area contributed by atoms with Gasteiger partial charge in [-0.25, -0.2) is 9.78 Å². The van der Waals surface area contributed by atoms with E-state index in [-0.39, 0.29) is 24.6 Å². The van der Waals surface area contributed by atoms with Crippen LogP contribution in [0.1, 0.15) is 30.7 Å². The number of benzene rings is 2. The van der Waals surface area contributed by atoms with Gasteiger partial charge in [0.2, 0.25) is 5.91 Å². The molecule has 9 heteroatoms. The van der Waals surface area contributed by atoms with Gasteiger partial charge in [-0.2, -0.15) is 0 Å². The molecule has 1 aliphatic rings. The Morgan fingerprint density at radius 3 is 2.64 bits per heavy atom. The molecule has 2 aromatic carbocycles. The van der Waals surface area contributed by atoms with E-state index in [1.807, 2.05) is 23.1 Å². The van der Waals surface area contributed by atoms with Gasteiger partial charge in [-0.05, 0) is 50.1 Å². The number of rotatable bonds is 4. The maximum Gasteiger partial charge on any atom is 0.331 e. The molecule has 0 radical (unpaired) electrons. The maximum absolute atomic E-state index is 13.1. The van der Waals surface area contributed by atoms with Crippen molar-refractivity contribution in [3.05, 3.63) is 73.3 Å². The second-order valence-electron chi connectivity index (χ2n) is 8.25. The van der Waals surface area contributed by atoms with Gasteiger partial charge in [-0.15, -0.1) is 11.3 Å². The van der Waals surface area contributed by atoms with Crippen molar-refractivity contribution in [1.29, 1.82) is 0 Å². The molecule has 1 saturated heterocycles. The van der Waals surface area contributed by atoms with Crippen LogP contribution in [-0.2, 0) is 17.9 Å². The Morgan fingerprint density at radius 1 is 1.12 bits per heavy atom. The van der Waals surface area contributed by atoms with Crippen molar-refractivity contribution >= 4 is 50.0 Å². The van der Waals surface area contributed by atoms with Gasteiger partial charge in [0.05, 0.1) is 26.1 Å². The molecule has 4 aromatic rings. The number of hydrogen-bond acceptors (Lipinski definition) is 5. The van der Waals surface area contributed by atoms with Gasteiger partial charge in [0.25, 0.3) is 5.56 Å².